The largest absolute Gasteiger partial charge is 0.261 e. The third kappa shape index (κ3) is 3.11. The van der Waals surface area contributed by atoms with Crippen molar-refractivity contribution in [3.8, 4) is 5.82 Å². The molecule has 1 aliphatic rings. The van der Waals surface area contributed by atoms with Gasteiger partial charge in [-0.05, 0) is 49.6 Å². The summed E-state index contributed by atoms with van der Waals surface area (Å²) in [5.74, 6) is 1.49. The zero-order chi connectivity index (χ0) is 17.9. The van der Waals surface area contributed by atoms with E-state index in [0.29, 0.717) is 10.9 Å². The molecule has 0 radical (unpaired) electrons. The van der Waals surface area contributed by atoms with Crippen molar-refractivity contribution in [1.29, 1.82) is 0 Å². The van der Waals surface area contributed by atoms with Gasteiger partial charge in [-0.3, -0.25) is 5.43 Å². The van der Waals surface area contributed by atoms with Crippen molar-refractivity contribution in [1.82, 2.24) is 19.7 Å². The molecule has 1 N–H and O–H groups in total. The molecule has 0 spiro atoms. The van der Waals surface area contributed by atoms with Crippen LogP contribution in [0.15, 0.2) is 59.5 Å². The molecular weight excluding hydrogens is 348 g/mol. The molecule has 0 saturated heterocycles. The topological polar surface area (TPSA) is 68.0 Å². The summed E-state index contributed by atoms with van der Waals surface area (Å²) in [6.07, 6.45) is 6.86. The highest BCUT2D eigenvalue weighted by Gasteiger charge is 2.25. The highest BCUT2D eigenvalue weighted by Crippen LogP contribution is 2.36. The van der Waals surface area contributed by atoms with Gasteiger partial charge in [-0.15, -0.1) is 0 Å². The van der Waals surface area contributed by atoms with E-state index in [2.05, 4.69) is 25.6 Å². The normalized spacial score (nSPS) is 13.9. The Labute approximate surface area is 156 Å². The first-order valence-corrected chi connectivity index (χ1v) is 8.71. The molecule has 7 heteroatoms. The molecule has 0 bridgehead atoms. The predicted octanol–water partition coefficient (Wildman–Crippen LogP) is 3.96. The van der Waals surface area contributed by atoms with Crippen LogP contribution in [0, 0.1) is 6.92 Å². The molecule has 0 fully saturated rings. The van der Waals surface area contributed by atoms with Gasteiger partial charge in [0.05, 0.1) is 22.6 Å². The van der Waals surface area contributed by atoms with Gasteiger partial charge in [-0.25, -0.2) is 14.6 Å². The second-order valence-electron chi connectivity index (χ2n) is 5.93. The van der Waals surface area contributed by atoms with Crippen molar-refractivity contribution >= 4 is 28.7 Å². The monoisotopic (exact) mass is 364 g/mol. The molecule has 0 aliphatic heterocycles. The van der Waals surface area contributed by atoms with E-state index in [-0.39, 0.29) is 0 Å². The summed E-state index contributed by atoms with van der Waals surface area (Å²) in [6.45, 7) is 1.97. The van der Waals surface area contributed by atoms with E-state index in [1.54, 1.807) is 18.6 Å². The first-order chi connectivity index (χ1) is 12.7. The zero-order valence-corrected chi connectivity index (χ0v) is 15.0. The summed E-state index contributed by atoms with van der Waals surface area (Å²) in [5, 5.41) is 9.60. The van der Waals surface area contributed by atoms with E-state index in [9.17, 15) is 0 Å². The van der Waals surface area contributed by atoms with Crippen LogP contribution in [-0.2, 0) is 6.42 Å². The minimum atomic E-state index is 0.691. The zero-order valence-electron chi connectivity index (χ0n) is 14.2. The number of hydrazone groups is 1. The first-order valence-electron chi connectivity index (χ1n) is 8.33. The Kier molecular flexibility index (Phi) is 4.50. The molecule has 3 aromatic rings. The highest BCUT2D eigenvalue weighted by molar-refractivity contribution is 6.51. The van der Waals surface area contributed by atoms with Gasteiger partial charge in [0, 0.05) is 18.0 Å². The molecule has 1 aliphatic carbocycles. The maximum atomic E-state index is 6.67. The lowest BCUT2D eigenvalue weighted by atomic mass is 9.96. The molecule has 6 nitrogen and oxygen atoms in total. The summed E-state index contributed by atoms with van der Waals surface area (Å²) < 4.78 is 1.88. The van der Waals surface area contributed by atoms with Crippen molar-refractivity contribution in [3.63, 3.8) is 0 Å². The molecule has 3 aromatic heterocycles. The molecule has 130 valence electrons. The van der Waals surface area contributed by atoms with E-state index in [4.69, 9.17) is 11.6 Å². The fourth-order valence-electron chi connectivity index (χ4n) is 3.01. The second-order valence-corrected chi connectivity index (χ2v) is 6.31. The molecular formula is C19H17ClN6. The SMILES string of the molecule is Cc1nn(-c2ccccn2)c2c1C(Cl)=C(/C=N\Nc1ccccn1)CC2. The molecule has 0 saturated carbocycles. The van der Waals surface area contributed by atoms with Crippen molar-refractivity contribution in [2.75, 3.05) is 5.43 Å². The van der Waals surface area contributed by atoms with Crippen LogP contribution >= 0.6 is 11.6 Å². The van der Waals surface area contributed by atoms with Crippen LogP contribution in [0.25, 0.3) is 10.9 Å². The number of pyridine rings is 2. The fraction of sp³-hybridized carbons (Fsp3) is 0.158. The average molecular weight is 365 g/mol. The molecule has 0 aromatic carbocycles. The van der Waals surface area contributed by atoms with Crippen LogP contribution in [0.4, 0.5) is 5.82 Å². The Morgan fingerprint density at radius 1 is 1.12 bits per heavy atom. The van der Waals surface area contributed by atoms with Crippen molar-refractivity contribution < 1.29 is 0 Å². The Morgan fingerprint density at radius 2 is 1.92 bits per heavy atom. The van der Waals surface area contributed by atoms with Crippen LogP contribution in [0.5, 0.6) is 0 Å². The summed E-state index contributed by atoms with van der Waals surface area (Å²) in [6, 6.07) is 11.4. The van der Waals surface area contributed by atoms with Gasteiger partial charge in [0.2, 0.25) is 0 Å². The molecule has 0 unspecified atom stereocenters. The van der Waals surface area contributed by atoms with Gasteiger partial charge in [0.1, 0.15) is 5.82 Å². The number of halogens is 1. The van der Waals surface area contributed by atoms with Crippen LogP contribution in [0.3, 0.4) is 0 Å². The van der Waals surface area contributed by atoms with Gasteiger partial charge >= 0.3 is 0 Å². The molecule has 26 heavy (non-hydrogen) atoms. The number of anilines is 1. The lowest BCUT2D eigenvalue weighted by molar-refractivity contribution is 0.760. The molecule has 0 amide bonds. The van der Waals surface area contributed by atoms with Crippen LogP contribution < -0.4 is 5.43 Å². The summed E-state index contributed by atoms with van der Waals surface area (Å²) >= 11 is 6.67. The number of hydrogen-bond acceptors (Lipinski definition) is 5. The summed E-state index contributed by atoms with van der Waals surface area (Å²) in [7, 11) is 0. The van der Waals surface area contributed by atoms with Crippen LogP contribution in [0.2, 0.25) is 0 Å². The summed E-state index contributed by atoms with van der Waals surface area (Å²) in [5.41, 5.74) is 6.84. The van der Waals surface area contributed by atoms with E-state index in [1.807, 2.05) is 48.0 Å². The smallest absolute Gasteiger partial charge is 0.153 e. The number of nitrogens with one attached hydrogen (secondary N) is 1. The molecule has 3 heterocycles. The van der Waals surface area contributed by atoms with Gasteiger partial charge in [0.15, 0.2) is 5.82 Å². The number of aromatic nitrogens is 4. The van der Waals surface area contributed by atoms with Crippen molar-refractivity contribution in [3.05, 3.63) is 71.3 Å². The highest BCUT2D eigenvalue weighted by atomic mass is 35.5. The predicted molar refractivity (Wildman–Crippen MR) is 104 cm³/mol. The number of aryl methyl sites for hydroxylation is 1. The van der Waals surface area contributed by atoms with E-state index >= 15 is 0 Å². The van der Waals surface area contributed by atoms with Crippen molar-refractivity contribution in [2.24, 2.45) is 5.10 Å². The summed E-state index contributed by atoms with van der Waals surface area (Å²) in [4.78, 5) is 8.57. The standard InChI is InChI=1S/C19H17ClN6/c1-13-18-15(26(25-13)17-7-3-5-11-22-17)9-8-14(19(18)20)12-23-24-16-6-2-4-10-21-16/h2-7,10-12H,8-9H2,1H3,(H,21,24)/b23-12-. The van der Waals surface area contributed by atoms with E-state index in [0.717, 1.165) is 41.2 Å². The lowest BCUT2D eigenvalue weighted by Gasteiger charge is -2.16. The molecule has 4 rings (SSSR count). The van der Waals surface area contributed by atoms with E-state index < -0.39 is 0 Å². The van der Waals surface area contributed by atoms with Gasteiger partial charge in [-0.2, -0.15) is 10.2 Å². The number of rotatable bonds is 4. The van der Waals surface area contributed by atoms with Gasteiger partial charge in [0.25, 0.3) is 0 Å². The second kappa shape index (κ2) is 7.09. The first kappa shape index (κ1) is 16.5. The quantitative estimate of drug-likeness (QED) is 0.562. The van der Waals surface area contributed by atoms with Gasteiger partial charge in [-0.1, -0.05) is 23.7 Å². The van der Waals surface area contributed by atoms with E-state index in [1.165, 1.54) is 0 Å². The Balaban J connectivity index is 1.64. The van der Waals surface area contributed by atoms with Crippen LogP contribution in [0.1, 0.15) is 23.4 Å². The maximum absolute atomic E-state index is 6.67. The maximum Gasteiger partial charge on any atom is 0.153 e. The number of hydrogen-bond donors (Lipinski definition) is 1. The Morgan fingerprint density at radius 3 is 2.65 bits per heavy atom. The third-order valence-electron chi connectivity index (χ3n) is 4.22. The lowest BCUT2D eigenvalue weighted by Crippen LogP contribution is -2.09. The Bertz CT molecular complexity index is 976. The number of allylic oxidation sites excluding steroid dienone is 1. The minimum absolute atomic E-state index is 0.691. The van der Waals surface area contributed by atoms with Crippen molar-refractivity contribution in [2.45, 2.75) is 19.8 Å². The number of fused-ring (bicyclic) bond motifs is 1. The Hall–Kier alpha value is -2.99. The minimum Gasteiger partial charge on any atom is -0.261 e. The number of nitrogens with zero attached hydrogens (tertiary/aromatic N) is 5. The van der Waals surface area contributed by atoms with Crippen LogP contribution in [-0.4, -0.2) is 26.0 Å². The molecule has 0 atom stereocenters. The van der Waals surface area contributed by atoms with Gasteiger partial charge < -0.3 is 0 Å². The fourth-order valence-corrected chi connectivity index (χ4v) is 3.40. The third-order valence-corrected chi connectivity index (χ3v) is 4.65. The average Bonchev–Trinajstić information content (AvgIpc) is 3.02.